The minimum atomic E-state index is -3.60. The number of carbonyl (C=O) groups excluding carboxylic acids is 1. The van der Waals surface area contributed by atoms with E-state index in [4.69, 9.17) is 8.92 Å². The molecule has 0 bridgehead atoms. The van der Waals surface area contributed by atoms with E-state index >= 15 is 0 Å². The first-order valence-electron chi connectivity index (χ1n) is 8.35. The van der Waals surface area contributed by atoms with Crippen LogP contribution in [-0.2, 0) is 25.6 Å². The smallest absolute Gasteiger partial charge is 0.410 e. The van der Waals surface area contributed by atoms with Crippen molar-refractivity contribution in [3.05, 3.63) is 36.0 Å². The number of ether oxygens (including phenoxy) is 1. The normalized spacial score (nSPS) is 13.6. The van der Waals surface area contributed by atoms with Gasteiger partial charge in [-0.1, -0.05) is 18.2 Å². The second-order valence-electron chi connectivity index (χ2n) is 7.30. The fourth-order valence-corrected chi connectivity index (χ4v) is 2.94. The molecule has 1 heterocycles. The summed E-state index contributed by atoms with van der Waals surface area (Å²) >= 11 is 0. The molecule has 0 radical (unpaired) electrons. The summed E-state index contributed by atoms with van der Waals surface area (Å²) in [5.74, 6) is 0. The van der Waals surface area contributed by atoms with Crippen LogP contribution in [0.15, 0.2) is 30.5 Å². The van der Waals surface area contributed by atoms with Crippen molar-refractivity contribution in [2.45, 2.75) is 45.9 Å². The molecule has 0 saturated heterocycles. The van der Waals surface area contributed by atoms with Crippen LogP contribution < -0.4 is 0 Å². The summed E-state index contributed by atoms with van der Waals surface area (Å²) in [7, 11) is -3.60. The minimum Gasteiger partial charge on any atom is -0.444 e. The van der Waals surface area contributed by atoms with Crippen molar-refractivity contribution >= 4 is 27.1 Å². The first-order chi connectivity index (χ1) is 12.0. The Labute approximate surface area is 154 Å². The minimum absolute atomic E-state index is 0.140. The lowest BCUT2D eigenvalue weighted by Gasteiger charge is -2.31. The molecule has 0 unspecified atom stereocenters. The molecule has 0 saturated carbocycles. The zero-order chi connectivity index (χ0) is 19.5. The SMILES string of the molecule is C[C@H](COS(C)(=O)=O)N(Cc1cccc2cc[nH]c12)C(=O)OC(C)(C)C. The molecule has 0 spiro atoms. The van der Waals surface area contributed by atoms with Crippen LogP contribution in [-0.4, -0.2) is 48.9 Å². The van der Waals surface area contributed by atoms with Crippen molar-refractivity contribution in [2.24, 2.45) is 0 Å². The monoisotopic (exact) mass is 382 g/mol. The van der Waals surface area contributed by atoms with Gasteiger partial charge in [0, 0.05) is 6.20 Å². The maximum Gasteiger partial charge on any atom is 0.410 e. The van der Waals surface area contributed by atoms with Gasteiger partial charge in [0.15, 0.2) is 0 Å². The van der Waals surface area contributed by atoms with Gasteiger partial charge >= 0.3 is 6.09 Å². The maximum atomic E-state index is 12.7. The molecule has 1 aromatic carbocycles. The molecule has 8 heteroatoms. The first kappa shape index (κ1) is 20.3. The fourth-order valence-electron chi connectivity index (χ4n) is 2.50. The standard InChI is InChI=1S/C18H26N2O5S/c1-13(12-24-26(5,22)23)20(17(21)25-18(2,3)4)11-15-8-6-7-14-9-10-19-16(14)15/h6-10,13,19H,11-12H2,1-5H3/t13-/m1/s1. The van der Waals surface area contributed by atoms with Gasteiger partial charge in [-0.25, -0.2) is 4.79 Å². The molecule has 0 aliphatic heterocycles. The number of para-hydroxylation sites is 1. The van der Waals surface area contributed by atoms with Crippen molar-refractivity contribution in [3.63, 3.8) is 0 Å². The highest BCUT2D eigenvalue weighted by atomic mass is 32.2. The number of rotatable bonds is 6. The summed E-state index contributed by atoms with van der Waals surface area (Å²) in [5, 5.41) is 1.03. The number of H-pyrrole nitrogens is 1. The highest BCUT2D eigenvalue weighted by molar-refractivity contribution is 7.85. The van der Waals surface area contributed by atoms with E-state index < -0.39 is 27.9 Å². The van der Waals surface area contributed by atoms with Gasteiger partial charge in [0.2, 0.25) is 0 Å². The number of benzene rings is 1. The molecule has 0 aliphatic carbocycles. The molecular formula is C18H26N2O5S. The highest BCUT2D eigenvalue weighted by Gasteiger charge is 2.27. The van der Waals surface area contributed by atoms with Gasteiger partial charge in [0.05, 0.1) is 31.0 Å². The summed E-state index contributed by atoms with van der Waals surface area (Å²) in [6.07, 6.45) is 2.30. The van der Waals surface area contributed by atoms with E-state index in [1.54, 1.807) is 27.7 Å². The summed E-state index contributed by atoms with van der Waals surface area (Å²) in [6.45, 7) is 7.20. The number of amides is 1. The Balaban J connectivity index is 2.27. The number of hydrogen-bond donors (Lipinski definition) is 1. The number of nitrogens with zero attached hydrogens (tertiary/aromatic N) is 1. The summed E-state index contributed by atoms with van der Waals surface area (Å²) < 4.78 is 33.0. The van der Waals surface area contributed by atoms with E-state index in [1.807, 2.05) is 30.5 Å². The molecule has 144 valence electrons. The summed E-state index contributed by atoms with van der Waals surface area (Å²) in [5.41, 5.74) is 1.17. The van der Waals surface area contributed by atoms with Gasteiger partial charge in [-0.3, -0.25) is 9.08 Å². The van der Waals surface area contributed by atoms with Gasteiger partial charge in [0.25, 0.3) is 10.1 Å². The number of carbonyl (C=O) groups is 1. The number of aromatic nitrogens is 1. The van der Waals surface area contributed by atoms with E-state index in [1.165, 1.54) is 4.90 Å². The fraction of sp³-hybridized carbons (Fsp3) is 0.500. The van der Waals surface area contributed by atoms with E-state index in [2.05, 4.69) is 4.98 Å². The molecule has 1 amide bonds. The van der Waals surface area contributed by atoms with Crippen molar-refractivity contribution in [1.82, 2.24) is 9.88 Å². The zero-order valence-electron chi connectivity index (χ0n) is 15.8. The molecule has 0 aliphatic rings. The molecule has 26 heavy (non-hydrogen) atoms. The van der Waals surface area contributed by atoms with Crippen LogP contribution in [0.2, 0.25) is 0 Å². The van der Waals surface area contributed by atoms with Crippen molar-refractivity contribution in [2.75, 3.05) is 12.9 Å². The quantitative estimate of drug-likeness (QED) is 0.775. The van der Waals surface area contributed by atoms with Gasteiger partial charge in [0.1, 0.15) is 5.60 Å². The molecule has 2 aromatic rings. The second-order valence-corrected chi connectivity index (χ2v) is 8.95. The lowest BCUT2D eigenvalue weighted by Crippen LogP contribution is -2.44. The van der Waals surface area contributed by atoms with Crippen LogP contribution in [0.3, 0.4) is 0 Å². The van der Waals surface area contributed by atoms with Gasteiger partial charge in [-0.05, 0) is 44.7 Å². The van der Waals surface area contributed by atoms with Crippen LogP contribution in [0.5, 0.6) is 0 Å². The number of hydrogen-bond acceptors (Lipinski definition) is 5. The molecule has 1 atom stereocenters. The van der Waals surface area contributed by atoms with Crippen LogP contribution in [0.25, 0.3) is 10.9 Å². The summed E-state index contributed by atoms with van der Waals surface area (Å²) in [4.78, 5) is 17.3. The van der Waals surface area contributed by atoms with E-state index in [9.17, 15) is 13.2 Å². The summed E-state index contributed by atoms with van der Waals surface area (Å²) in [6, 6.07) is 7.26. The van der Waals surface area contributed by atoms with Gasteiger partial charge < -0.3 is 9.72 Å². The molecule has 1 aromatic heterocycles. The average molecular weight is 382 g/mol. The molecule has 0 fully saturated rings. The van der Waals surface area contributed by atoms with Crippen molar-refractivity contribution in [3.8, 4) is 0 Å². The Morgan fingerprint density at radius 3 is 2.58 bits per heavy atom. The lowest BCUT2D eigenvalue weighted by molar-refractivity contribution is 0.0111. The third kappa shape index (κ3) is 5.74. The van der Waals surface area contributed by atoms with Gasteiger partial charge in [-0.15, -0.1) is 0 Å². The highest BCUT2D eigenvalue weighted by Crippen LogP contribution is 2.21. The Morgan fingerprint density at radius 2 is 1.96 bits per heavy atom. The van der Waals surface area contributed by atoms with E-state index in [0.29, 0.717) is 0 Å². The van der Waals surface area contributed by atoms with E-state index in [-0.39, 0.29) is 13.2 Å². The molecule has 7 nitrogen and oxygen atoms in total. The van der Waals surface area contributed by atoms with Crippen LogP contribution >= 0.6 is 0 Å². The van der Waals surface area contributed by atoms with Crippen LogP contribution in [0.4, 0.5) is 4.79 Å². The number of fused-ring (bicyclic) bond motifs is 1. The largest absolute Gasteiger partial charge is 0.444 e. The van der Waals surface area contributed by atoms with Gasteiger partial charge in [-0.2, -0.15) is 8.42 Å². The first-order valence-corrected chi connectivity index (χ1v) is 10.2. The Morgan fingerprint density at radius 1 is 1.27 bits per heavy atom. The number of aromatic amines is 1. The maximum absolute atomic E-state index is 12.7. The Kier molecular flexibility index (Phi) is 5.98. The third-order valence-corrected chi connectivity index (χ3v) is 4.26. The predicted octanol–water partition coefficient (Wildman–Crippen LogP) is 3.27. The Hall–Kier alpha value is -2.06. The molecular weight excluding hydrogens is 356 g/mol. The number of nitrogens with one attached hydrogen (secondary N) is 1. The molecule has 2 rings (SSSR count). The Bertz CT molecular complexity index is 867. The van der Waals surface area contributed by atoms with Crippen molar-refractivity contribution in [1.29, 1.82) is 0 Å². The second kappa shape index (κ2) is 7.67. The van der Waals surface area contributed by atoms with E-state index in [0.717, 1.165) is 22.7 Å². The predicted molar refractivity (Wildman–Crippen MR) is 100 cm³/mol. The average Bonchev–Trinajstić information content (AvgIpc) is 2.97. The van der Waals surface area contributed by atoms with Crippen LogP contribution in [0.1, 0.15) is 33.3 Å². The zero-order valence-corrected chi connectivity index (χ0v) is 16.6. The van der Waals surface area contributed by atoms with Crippen LogP contribution in [0, 0.1) is 0 Å². The molecule has 1 N–H and O–H groups in total. The lowest BCUT2D eigenvalue weighted by atomic mass is 10.1. The van der Waals surface area contributed by atoms with Crippen molar-refractivity contribution < 1.29 is 22.1 Å². The topological polar surface area (TPSA) is 88.7 Å². The third-order valence-electron chi connectivity index (χ3n) is 3.70.